The van der Waals surface area contributed by atoms with Gasteiger partial charge in [-0.15, -0.1) is 0 Å². The van der Waals surface area contributed by atoms with Crippen molar-refractivity contribution in [3.63, 3.8) is 0 Å². The number of fused-ring (bicyclic) bond motifs is 1. The minimum Gasteiger partial charge on any atom is -0.508 e. The first kappa shape index (κ1) is 24.6. The fraction of sp³-hybridized carbons (Fsp3) is 0.286. The topological polar surface area (TPSA) is 117 Å². The van der Waals surface area contributed by atoms with Gasteiger partial charge in [-0.2, -0.15) is 5.10 Å². The van der Waals surface area contributed by atoms with Gasteiger partial charge in [0.05, 0.1) is 41.3 Å². The lowest BCUT2D eigenvalue weighted by atomic mass is 9.99. The van der Waals surface area contributed by atoms with Gasteiger partial charge in [-0.3, -0.25) is 0 Å². The molecule has 0 saturated carbocycles. The molecule has 1 saturated heterocycles. The molecule has 3 heterocycles. The van der Waals surface area contributed by atoms with Crippen molar-refractivity contribution in [1.82, 2.24) is 9.61 Å². The molecule has 5 rings (SSSR count). The molecule has 8 nitrogen and oxygen atoms in total. The summed E-state index contributed by atoms with van der Waals surface area (Å²) in [7, 11) is 0. The van der Waals surface area contributed by atoms with E-state index < -0.39 is 5.82 Å². The highest BCUT2D eigenvalue weighted by atomic mass is 19.1. The van der Waals surface area contributed by atoms with Gasteiger partial charge in [0, 0.05) is 18.4 Å². The number of aromatic nitrogens is 2. The second-order valence-electron chi connectivity index (χ2n) is 9.17. The van der Waals surface area contributed by atoms with Crippen molar-refractivity contribution in [3.05, 3.63) is 71.3 Å². The van der Waals surface area contributed by atoms with Crippen molar-refractivity contribution in [2.24, 2.45) is 10.7 Å². The Morgan fingerprint density at radius 3 is 2.73 bits per heavy atom. The van der Waals surface area contributed by atoms with Crippen molar-refractivity contribution in [3.8, 4) is 22.6 Å². The summed E-state index contributed by atoms with van der Waals surface area (Å²) in [6.07, 6.45) is 5.67. The molecule has 1 aliphatic heterocycles. The second kappa shape index (κ2) is 10.1. The molecule has 1 fully saturated rings. The molecule has 4 aromatic rings. The summed E-state index contributed by atoms with van der Waals surface area (Å²) in [5.74, 6) is -0.573. The highest BCUT2D eigenvalue weighted by Gasteiger charge is 2.22. The summed E-state index contributed by atoms with van der Waals surface area (Å²) in [4.78, 5) is 4.68. The SMILES string of the molecule is CCc1cc(O)ccc1/N=C(\N)c1cnn2cc(-c3cc(F)c(O)cc3CC)cc2c1N[C@H]1CCOC1. The molecule has 0 spiro atoms. The Labute approximate surface area is 214 Å². The Kier molecular flexibility index (Phi) is 6.71. The van der Waals surface area contributed by atoms with Gasteiger partial charge in [-0.25, -0.2) is 13.9 Å². The molecule has 1 aliphatic rings. The minimum absolute atomic E-state index is 0.0910. The number of ether oxygens (including phenoxy) is 1. The Balaban J connectivity index is 1.65. The van der Waals surface area contributed by atoms with Gasteiger partial charge in [0.2, 0.25) is 0 Å². The van der Waals surface area contributed by atoms with Crippen LogP contribution in [0.4, 0.5) is 15.8 Å². The molecule has 2 aromatic heterocycles. The van der Waals surface area contributed by atoms with Gasteiger partial charge in [-0.05, 0) is 72.4 Å². The maximum Gasteiger partial charge on any atom is 0.165 e. The summed E-state index contributed by atoms with van der Waals surface area (Å²) < 4.78 is 21.6. The third-order valence-electron chi connectivity index (χ3n) is 6.74. The Morgan fingerprint density at radius 1 is 1.19 bits per heavy atom. The van der Waals surface area contributed by atoms with Gasteiger partial charge < -0.3 is 26.0 Å². The smallest absolute Gasteiger partial charge is 0.165 e. The number of phenolic OH excluding ortho intramolecular Hbond substituents is 2. The Hall–Kier alpha value is -4.11. The second-order valence-corrected chi connectivity index (χ2v) is 9.17. The van der Waals surface area contributed by atoms with E-state index in [-0.39, 0.29) is 23.4 Å². The monoisotopic (exact) mass is 503 g/mol. The number of nitrogens with one attached hydrogen (secondary N) is 1. The number of anilines is 1. The molecule has 0 bridgehead atoms. The highest BCUT2D eigenvalue weighted by Crippen LogP contribution is 2.34. The predicted molar refractivity (Wildman–Crippen MR) is 142 cm³/mol. The lowest BCUT2D eigenvalue weighted by molar-refractivity contribution is 0.195. The number of rotatable bonds is 7. The number of hydrogen-bond acceptors (Lipinski definition) is 6. The summed E-state index contributed by atoms with van der Waals surface area (Å²) in [5, 5.41) is 27.9. The van der Waals surface area contributed by atoms with E-state index in [0.29, 0.717) is 42.9 Å². The maximum absolute atomic E-state index is 14.3. The van der Waals surface area contributed by atoms with Crippen LogP contribution in [0.1, 0.15) is 37.0 Å². The van der Waals surface area contributed by atoms with Crippen LogP contribution in [-0.4, -0.2) is 44.9 Å². The lowest BCUT2D eigenvalue weighted by Gasteiger charge is -2.17. The van der Waals surface area contributed by atoms with Crippen molar-refractivity contribution in [1.29, 1.82) is 0 Å². The molecule has 1 atom stereocenters. The van der Waals surface area contributed by atoms with Crippen LogP contribution in [0.2, 0.25) is 0 Å². The summed E-state index contributed by atoms with van der Waals surface area (Å²) in [6, 6.07) is 9.86. The maximum atomic E-state index is 14.3. The standard InChI is InChI=1S/C28H30FN5O3/c1-3-16-11-26(36)23(29)12-21(16)18-10-25-27(32-19-7-8-37-15-19)22(13-31-34(25)14-18)28(30)33-24-6-5-20(35)9-17(24)4-2/h5-6,9-14,19,32,35-36H,3-4,7-8,15H2,1-2H3,(H2,30,33)/t19-/m0/s1. The number of benzene rings is 2. The number of aryl methyl sites for hydroxylation is 2. The molecule has 0 unspecified atom stereocenters. The first-order valence-corrected chi connectivity index (χ1v) is 12.4. The lowest BCUT2D eigenvalue weighted by Crippen LogP contribution is -2.24. The van der Waals surface area contributed by atoms with E-state index in [2.05, 4.69) is 15.4 Å². The van der Waals surface area contributed by atoms with Crippen LogP contribution in [0.3, 0.4) is 0 Å². The molecule has 0 aliphatic carbocycles. The Bertz CT molecular complexity index is 1490. The zero-order valence-electron chi connectivity index (χ0n) is 20.8. The van der Waals surface area contributed by atoms with Crippen molar-refractivity contribution < 1.29 is 19.3 Å². The molecule has 192 valence electrons. The minimum atomic E-state index is -0.672. The average Bonchev–Trinajstić information content (AvgIpc) is 3.56. The molecule has 9 heteroatoms. The van der Waals surface area contributed by atoms with Crippen LogP contribution in [0.25, 0.3) is 16.6 Å². The van der Waals surface area contributed by atoms with Crippen molar-refractivity contribution in [2.45, 2.75) is 39.2 Å². The van der Waals surface area contributed by atoms with Crippen LogP contribution < -0.4 is 11.1 Å². The van der Waals surface area contributed by atoms with Crippen LogP contribution in [-0.2, 0) is 17.6 Å². The zero-order valence-corrected chi connectivity index (χ0v) is 20.8. The molecular formula is C28H30FN5O3. The number of halogens is 1. The van der Waals surface area contributed by atoms with E-state index in [1.807, 2.05) is 26.1 Å². The molecule has 0 amide bonds. The van der Waals surface area contributed by atoms with E-state index in [1.54, 1.807) is 28.9 Å². The molecule has 37 heavy (non-hydrogen) atoms. The number of aliphatic imine (C=N–C) groups is 1. The van der Waals surface area contributed by atoms with Gasteiger partial charge in [0.15, 0.2) is 11.6 Å². The summed E-state index contributed by atoms with van der Waals surface area (Å²) in [5.41, 5.74) is 12.5. The predicted octanol–water partition coefficient (Wildman–Crippen LogP) is 4.91. The number of phenols is 2. The van der Waals surface area contributed by atoms with E-state index >= 15 is 0 Å². The van der Waals surface area contributed by atoms with Crippen molar-refractivity contribution >= 4 is 22.7 Å². The Morgan fingerprint density at radius 2 is 2.00 bits per heavy atom. The van der Waals surface area contributed by atoms with Gasteiger partial charge in [0.1, 0.15) is 11.6 Å². The number of nitrogens with two attached hydrogens (primary N) is 1. The van der Waals surface area contributed by atoms with Crippen LogP contribution in [0.15, 0.2) is 53.8 Å². The van der Waals surface area contributed by atoms with Crippen LogP contribution in [0.5, 0.6) is 11.5 Å². The molecular weight excluding hydrogens is 473 g/mol. The van der Waals surface area contributed by atoms with Gasteiger partial charge >= 0.3 is 0 Å². The first-order chi connectivity index (χ1) is 17.9. The normalized spacial score (nSPS) is 16.0. The fourth-order valence-corrected chi connectivity index (χ4v) is 4.72. The number of hydrogen-bond donors (Lipinski definition) is 4. The van der Waals surface area contributed by atoms with Crippen molar-refractivity contribution in [2.75, 3.05) is 18.5 Å². The van der Waals surface area contributed by atoms with E-state index in [1.165, 1.54) is 12.1 Å². The zero-order chi connectivity index (χ0) is 26.1. The number of aromatic hydroxyl groups is 2. The first-order valence-electron chi connectivity index (χ1n) is 12.4. The molecule has 0 radical (unpaired) electrons. The van der Waals surface area contributed by atoms with Gasteiger partial charge in [-0.1, -0.05) is 13.8 Å². The van der Waals surface area contributed by atoms with E-state index in [0.717, 1.165) is 34.3 Å². The summed E-state index contributed by atoms with van der Waals surface area (Å²) >= 11 is 0. The largest absolute Gasteiger partial charge is 0.508 e. The fourth-order valence-electron chi connectivity index (χ4n) is 4.72. The average molecular weight is 504 g/mol. The molecule has 2 aromatic carbocycles. The third kappa shape index (κ3) is 4.82. The van der Waals surface area contributed by atoms with Crippen LogP contribution >= 0.6 is 0 Å². The number of nitrogens with zero attached hydrogens (tertiary/aromatic N) is 3. The number of amidine groups is 1. The highest BCUT2D eigenvalue weighted by molar-refractivity contribution is 6.06. The van der Waals surface area contributed by atoms with Gasteiger partial charge in [0.25, 0.3) is 0 Å². The van der Waals surface area contributed by atoms with Crippen LogP contribution in [0, 0.1) is 5.82 Å². The van der Waals surface area contributed by atoms with E-state index in [9.17, 15) is 14.6 Å². The summed E-state index contributed by atoms with van der Waals surface area (Å²) in [6.45, 7) is 5.19. The quantitative estimate of drug-likeness (QED) is 0.210. The third-order valence-corrected chi connectivity index (χ3v) is 6.74. The molecule has 5 N–H and O–H groups in total. The van der Waals surface area contributed by atoms with E-state index in [4.69, 9.17) is 10.5 Å².